The molecule has 3 aromatic rings. The van der Waals surface area contributed by atoms with Gasteiger partial charge in [-0.05, 0) is 41.5 Å². The molecule has 1 heterocycles. The molecule has 0 amide bonds. The molecule has 0 bridgehead atoms. The van der Waals surface area contributed by atoms with Gasteiger partial charge in [0.15, 0.2) is 11.9 Å². The number of Topliss-reactive ketones (excluding diaryl/α,β-unsaturated/α-hetero) is 1. The molecular formula is C22H15FO2. The maximum atomic E-state index is 13.5. The van der Waals surface area contributed by atoms with Crippen LogP contribution in [0, 0.1) is 5.82 Å². The number of halogens is 1. The second-order valence-electron chi connectivity index (χ2n) is 5.89. The summed E-state index contributed by atoms with van der Waals surface area (Å²) in [5.41, 5.74) is 2.54. The third-order valence-corrected chi connectivity index (χ3v) is 4.19. The largest absolute Gasteiger partial charge is 0.480 e. The molecule has 0 aliphatic carbocycles. The van der Waals surface area contributed by atoms with Crippen LogP contribution in [-0.4, -0.2) is 5.78 Å². The fraction of sp³-hybridized carbons (Fsp3) is 0.0455. The Kier molecular flexibility index (Phi) is 3.90. The summed E-state index contributed by atoms with van der Waals surface area (Å²) in [6.07, 6.45) is 1.19. The molecule has 0 fully saturated rings. The number of hydrogen-bond donors (Lipinski definition) is 0. The van der Waals surface area contributed by atoms with E-state index in [1.54, 1.807) is 30.3 Å². The van der Waals surface area contributed by atoms with Gasteiger partial charge in [-0.3, -0.25) is 4.79 Å². The van der Waals surface area contributed by atoms with Crippen molar-refractivity contribution in [3.63, 3.8) is 0 Å². The van der Waals surface area contributed by atoms with Gasteiger partial charge < -0.3 is 4.74 Å². The number of ketones is 1. The van der Waals surface area contributed by atoms with Crippen molar-refractivity contribution >= 4 is 11.9 Å². The molecule has 0 N–H and O–H groups in total. The zero-order valence-corrected chi connectivity index (χ0v) is 13.4. The van der Waals surface area contributed by atoms with Crippen LogP contribution in [0.15, 0.2) is 84.4 Å². The Balaban J connectivity index is 1.87. The summed E-state index contributed by atoms with van der Waals surface area (Å²) in [5.74, 6) is 0.132. The summed E-state index contributed by atoms with van der Waals surface area (Å²) in [6, 6.07) is 22.9. The SMILES string of the molecule is O=C1/C(=C/c2cccc(F)c2)[C@H](c2ccccc2)Oc2ccccc21. The predicted octanol–water partition coefficient (Wildman–Crippen LogP) is 5.23. The lowest BCUT2D eigenvalue weighted by Crippen LogP contribution is -2.23. The molecule has 0 saturated carbocycles. The van der Waals surface area contributed by atoms with Gasteiger partial charge >= 0.3 is 0 Å². The van der Waals surface area contributed by atoms with Gasteiger partial charge in [0.05, 0.1) is 5.56 Å². The first kappa shape index (κ1) is 15.3. The molecular weight excluding hydrogens is 315 g/mol. The van der Waals surface area contributed by atoms with E-state index >= 15 is 0 Å². The molecule has 0 spiro atoms. The van der Waals surface area contributed by atoms with Crippen molar-refractivity contribution in [1.82, 2.24) is 0 Å². The molecule has 0 unspecified atom stereocenters. The van der Waals surface area contributed by atoms with E-state index in [1.165, 1.54) is 12.1 Å². The molecule has 1 aliphatic heterocycles. The molecule has 2 nitrogen and oxygen atoms in total. The minimum Gasteiger partial charge on any atom is -0.480 e. The predicted molar refractivity (Wildman–Crippen MR) is 95.0 cm³/mol. The Bertz CT molecular complexity index is 961. The molecule has 1 atom stereocenters. The Morgan fingerprint density at radius 1 is 0.880 bits per heavy atom. The molecule has 1 aliphatic rings. The lowest BCUT2D eigenvalue weighted by molar-refractivity contribution is 0.0963. The average Bonchev–Trinajstić information content (AvgIpc) is 2.65. The van der Waals surface area contributed by atoms with Crippen molar-refractivity contribution in [3.8, 4) is 5.75 Å². The molecule has 0 saturated heterocycles. The van der Waals surface area contributed by atoms with Crippen LogP contribution in [0.4, 0.5) is 4.39 Å². The second kappa shape index (κ2) is 6.36. The van der Waals surface area contributed by atoms with Crippen LogP contribution in [0.25, 0.3) is 6.08 Å². The molecule has 3 heteroatoms. The maximum Gasteiger partial charge on any atom is 0.196 e. The highest BCUT2D eigenvalue weighted by atomic mass is 19.1. The summed E-state index contributed by atoms with van der Waals surface area (Å²) in [5, 5.41) is 0. The summed E-state index contributed by atoms with van der Waals surface area (Å²) >= 11 is 0. The van der Waals surface area contributed by atoms with Crippen LogP contribution in [0.3, 0.4) is 0 Å². The van der Waals surface area contributed by atoms with E-state index in [9.17, 15) is 9.18 Å². The first-order valence-corrected chi connectivity index (χ1v) is 8.05. The van der Waals surface area contributed by atoms with Gasteiger partial charge in [-0.15, -0.1) is 0 Å². The lowest BCUT2D eigenvalue weighted by atomic mass is 9.89. The Labute approximate surface area is 145 Å². The number of para-hydroxylation sites is 1. The molecule has 3 aromatic carbocycles. The first-order valence-electron chi connectivity index (χ1n) is 8.05. The minimum absolute atomic E-state index is 0.0973. The Morgan fingerprint density at radius 2 is 1.64 bits per heavy atom. The van der Waals surface area contributed by atoms with Gasteiger partial charge in [0.2, 0.25) is 0 Å². The Hall–Kier alpha value is -3.20. The van der Waals surface area contributed by atoms with E-state index in [0.717, 1.165) is 5.56 Å². The summed E-state index contributed by atoms with van der Waals surface area (Å²) in [4.78, 5) is 13.0. The number of rotatable bonds is 2. The normalized spacial score (nSPS) is 17.9. The first-order chi connectivity index (χ1) is 12.2. The monoisotopic (exact) mass is 330 g/mol. The van der Waals surface area contributed by atoms with E-state index < -0.39 is 6.10 Å². The standard InChI is InChI=1S/C22H15FO2/c23-17-10-6-7-15(13-17)14-19-21(24)18-11-4-5-12-20(18)25-22(19)16-8-2-1-3-9-16/h1-14,22H/b19-14-/t22-/m0/s1. The average molecular weight is 330 g/mol. The number of benzene rings is 3. The van der Waals surface area contributed by atoms with Gasteiger partial charge in [-0.1, -0.05) is 54.6 Å². The second-order valence-corrected chi connectivity index (χ2v) is 5.89. The van der Waals surface area contributed by atoms with Crippen molar-refractivity contribution in [1.29, 1.82) is 0 Å². The molecule has 0 radical (unpaired) electrons. The highest BCUT2D eigenvalue weighted by Crippen LogP contribution is 2.39. The van der Waals surface area contributed by atoms with E-state index in [0.29, 0.717) is 22.4 Å². The van der Waals surface area contributed by atoms with Gasteiger partial charge in [0.25, 0.3) is 0 Å². The minimum atomic E-state index is -0.521. The van der Waals surface area contributed by atoms with Crippen LogP contribution < -0.4 is 4.74 Å². The lowest BCUT2D eigenvalue weighted by Gasteiger charge is -2.28. The number of hydrogen-bond acceptors (Lipinski definition) is 2. The zero-order chi connectivity index (χ0) is 17.2. The number of ether oxygens (including phenoxy) is 1. The van der Waals surface area contributed by atoms with Crippen LogP contribution >= 0.6 is 0 Å². The third kappa shape index (κ3) is 2.96. The number of carbonyl (C=O) groups excluding carboxylic acids is 1. The quantitative estimate of drug-likeness (QED) is 0.602. The van der Waals surface area contributed by atoms with E-state index in [2.05, 4.69) is 0 Å². The molecule has 4 rings (SSSR count). The van der Waals surface area contributed by atoms with Crippen LogP contribution in [-0.2, 0) is 0 Å². The van der Waals surface area contributed by atoms with Crippen LogP contribution in [0.1, 0.15) is 27.6 Å². The van der Waals surface area contributed by atoms with E-state index in [4.69, 9.17) is 4.74 Å². The van der Waals surface area contributed by atoms with E-state index in [-0.39, 0.29) is 11.6 Å². The summed E-state index contributed by atoms with van der Waals surface area (Å²) in [7, 11) is 0. The van der Waals surface area contributed by atoms with Crippen molar-refractivity contribution in [2.75, 3.05) is 0 Å². The fourth-order valence-corrected chi connectivity index (χ4v) is 3.01. The smallest absolute Gasteiger partial charge is 0.196 e. The van der Waals surface area contributed by atoms with Crippen LogP contribution in [0.5, 0.6) is 5.75 Å². The van der Waals surface area contributed by atoms with Gasteiger partial charge in [-0.25, -0.2) is 4.39 Å². The van der Waals surface area contributed by atoms with Gasteiger partial charge in [-0.2, -0.15) is 0 Å². The molecule has 122 valence electrons. The molecule has 0 aromatic heterocycles. The van der Waals surface area contributed by atoms with Crippen molar-refractivity contribution < 1.29 is 13.9 Å². The van der Waals surface area contributed by atoms with Crippen molar-refractivity contribution in [2.24, 2.45) is 0 Å². The van der Waals surface area contributed by atoms with Gasteiger partial charge in [0.1, 0.15) is 11.6 Å². The van der Waals surface area contributed by atoms with E-state index in [1.807, 2.05) is 42.5 Å². The molecule has 25 heavy (non-hydrogen) atoms. The Morgan fingerprint density at radius 3 is 2.44 bits per heavy atom. The van der Waals surface area contributed by atoms with Crippen LogP contribution in [0.2, 0.25) is 0 Å². The fourth-order valence-electron chi connectivity index (χ4n) is 3.01. The summed E-state index contributed by atoms with van der Waals surface area (Å²) in [6.45, 7) is 0. The highest BCUT2D eigenvalue weighted by Gasteiger charge is 2.32. The number of carbonyl (C=O) groups is 1. The zero-order valence-electron chi connectivity index (χ0n) is 13.4. The summed E-state index contributed by atoms with van der Waals surface area (Å²) < 4.78 is 19.7. The number of fused-ring (bicyclic) bond motifs is 1. The topological polar surface area (TPSA) is 26.3 Å². The van der Waals surface area contributed by atoms with Gasteiger partial charge in [0, 0.05) is 5.57 Å². The third-order valence-electron chi connectivity index (χ3n) is 4.19. The van der Waals surface area contributed by atoms with Crippen molar-refractivity contribution in [2.45, 2.75) is 6.10 Å². The maximum absolute atomic E-state index is 13.5. The highest BCUT2D eigenvalue weighted by molar-refractivity contribution is 6.14. The van der Waals surface area contributed by atoms with Crippen molar-refractivity contribution in [3.05, 3.63) is 107 Å².